The lowest BCUT2D eigenvalue weighted by atomic mass is 9.96. The molecule has 0 aromatic heterocycles. The van der Waals surface area contributed by atoms with Gasteiger partial charge in [-0.15, -0.1) is 0 Å². The van der Waals surface area contributed by atoms with Gasteiger partial charge in [0.15, 0.2) is 0 Å². The van der Waals surface area contributed by atoms with E-state index >= 15 is 0 Å². The van der Waals surface area contributed by atoms with Crippen molar-refractivity contribution in [3.8, 4) is 0 Å². The van der Waals surface area contributed by atoms with Gasteiger partial charge < -0.3 is 15.1 Å². The summed E-state index contributed by atoms with van der Waals surface area (Å²) in [5, 5.41) is 3.58. The Labute approximate surface area is 193 Å². The van der Waals surface area contributed by atoms with Gasteiger partial charge in [0.25, 0.3) is 11.8 Å². The Bertz CT molecular complexity index is 986. The molecule has 7 heteroatoms. The van der Waals surface area contributed by atoms with Gasteiger partial charge >= 0.3 is 0 Å². The van der Waals surface area contributed by atoms with Gasteiger partial charge in [-0.2, -0.15) is 0 Å². The van der Waals surface area contributed by atoms with Gasteiger partial charge in [0.05, 0.1) is 5.92 Å². The van der Waals surface area contributed by atoms with Crippen LogP contribution in [0.2, 0.25) is 5.02 Å². The predicted octanol–water partition coefficient (Wildman–Crippen LogP) is 3.74. The van der Waals surface area contributed by atoms with E-state index in [1.54, 1.807) is 29.2 Å². The van der Waals surface area contributed by atoms with Crippen molar-refractivity contribution in [1.82, 2.24) is 15.1 Å². The smallest absolute Gasteiger partial charge is 0.253 e. The van der Waals surface area contributed by atoms with Crippen LogP contribution in [0.25, 0.3) is 0 Å². The van der Waals surface area contributed by atoms with Crippen molar-refractivity contribution in [3.05, 3.63) is 70.2 Å². The van der Waals surface area contributed by atoms with Crippen LogP contribution in [-0.4, -0.2) is 53.7 Å². The fraction of sp³-hybridized carbons (Fsp3) is 0.400. The Morgan fingerprint density at radius 2 is 1.56 bits per heavy atom. The van der Waals surface area contributed by atoms with Gasteiger partial charge in [-0.05, 0) is 67.6 Å². The molecule has 32 heavy (non-hydrogen) atoms. The van der Waals surface area contributed by atoms with E-state index in [1.807, 2.05) is 29.2 Å². The van der Waals surface area contributed by atoms with Crippen molar-refractivity contribution < 1.29 is 14.4 Å². The Kier molecular flexibility index (Phi) is 7.10. The highest BCUT2D eigenvalue weighted by Gasteiger charge is 2.29. The molecule has 1 unspecified atom stereocenters. The van der Waals surface area contributed by atoms with Crippen molar-refractivity contribution in [3.63, 3.8) is 0 Å². The molecule has 1 atom stereocenters. The molecule has 2 aromatic rings. The lowest BCUT2D eigenvalue weighted by Gasteiger charge is -2.32. The first-order chi connectivity index (χ1) is 15.5. The van der Waals surface area contributed by atoms with E-state index < -0.39 is 0 Å². The Balaban J connectivity index is 1.33. The van der Waals surface area contributed by atoms with Crippen LogP contribution in [0.4, 0.5) is 0 Å². The van der Waals surface area contributed by atoms with E-state index in [4.69, 9.17) is 11.6 Å². The SMILES string of the molecule is O=C(NCc1cccc(C(=O)N2CCCC2)c1)C1CCCN(C(=O)c2ccc(Cl)cc2)C1. The van der Waals surface area contributed by atoms with Gasteiger partial charge in [-0.1, -0.05) is 23.7 Å². The number of hydrogen-bond donors (Lipinski definition) is 1. The molecule has 4 rings (SSSR count). The number of hydrogen-bond acceptors (Lipinski definition) is 3. The molecule has 2 aliphatic heterocycles. The van der Waals surface area contributed by atoms with E-state index in [9.17, 15) is 14.4 Å². The molecule has 1 N–H and O–H groups in total. The fourth-order valence-corrected chi connectivity index (χ4v) is 4.53. The average molecular weight is 454 g/mol. The molecule has 0 spiro atoms. The molecule has 0 radical (unpaired) electrons. The normalized spacial score (nSPS) is 18.5. The largest absolute Gasteiger partial charge is 0.352 e. The molecule has 6 nitrogen and oxygen atoms in total. The number of carbonyl (C=O) groups is 3. The minimum atomic E-state index is -0.241. The number of rotatable bonds is 5. The van der Waals surface area contributed by atoms with Crippen molar-refractivity contribution >= 4 is 29.3 Å². The molecule has 2 heterocycles. The highest BCUT2D eigenvalue weighted by molar-refractivity contribution is 6.30. The molecule has 2 aromatic carbocycles. The third kappa shape index (κ3) is 5.30. The second-order valence-corrected chi connectivity index (χ2v) is 8.95. The third-order valence-electron chi connectivity index (χ3n) is 6.20. The highest BCUT2D eigenvalue weighted by Crippen LogP contribution is 2.20. The lowest BCUT2D eigenvalue weighted by molar-refractivity contribution is -0.126. The monoisotopic (exact) mass is 453 g/mol. The number of amides is 3. The zero-order chi connectivity index (χ0) is 22.5. The van der Waals surface area contributed by atoms with Gasteiger partial charge in [0, 0.05) is 48.9 Å². The number of piperidine rings is 1. The maximum absolute atomic E-state index is 12.8. The Hall–Kier alpha value is -2.86. The summed E-state index contributed by atoms with van der Waals surface area (Å²) in [4.78, 5) is 41.8. The lowest BCUT2D eigenvalue weighted by Crippen LogP contribution is -2.45. The van der Waals surface area contributed by atoms with Crippen LogP contribution in [0.5, 0.6) is 0 Å². The van der Waals surface area contributed by atoms with Crippen LogP contribution in [0, 0.1) is 5.92 Å². The molecule has 2 aliphatic rings. The van der Waals surface area contributed by atoms with Crippen LogP contribution >= 0.6 is 11.6 Å². The summed E-state index contributed by atoms with van der Waals surface area (Å²) in [7, 11) is 0. The number of benzene rings is 2. The first kappa shape index (κ1) is 22.3. The quantitative estimate of drug-likeness (QED) is 0.749. The number of nitrogens with one attached hydrogen (secondary N) is 1. The summed E-state index contributed by atoms with van der Waals surface area (Å²) in [5.41, 5.74) is 2.14. The molecule has 168 valence electrons. The molecule has 0 saturated carbocycles. The Morgan fingerprint density at radius 1 is 0.875 bits per heavy atom. The topological polar surface area (TPSA) is 69.7 Å². The summed E-state index contributed by atoms with van der Waals surface area (Å²) in [6.45, 7) is 3.04. The van der Waals surface area contributed by atoms with Crippen molar-refractivity contribution in [2.24, 2.45) is 5.92 Å². The van der Waals surface area contributed by atoms with Crippen molar-refractivity contribution in [2.45, 2.75) is 32.2 Å². The number of likely N-dealkylation sites (tertiary alicyclic amines) is 2. The summed E-state index contributed by atoms with van der Waals surface area (Å²) < 4.78 is 0. The van der Waals surface area contributed by atoms with Crippen LogP contribution in [0.3, 0.4) is 0 Å². The average Bonchev–Trinajstić information content (AvgIpc) is 3.37. The first-order valence-corrected chi connectivity index (χ1v) is 11.6. The van der Waals surface area contributed by atoms with E-state index in [2.05, 4.69) is 5.32 Å². The molecule has 2 saturated heterocycles. The second kappa shape index (κ2) is 10.2. The highest BCUT2D eigenvalue weighted by atomic mass is 35.5. The number of halogens is 1. The summed E-state index contributed by atoms with van der Waals surface area (Å²) >= 11 is 5.91. The summed E-state index contributed by atoms with van der Waals surface area (Å²) in [5.74, 6) is -0.323. The maximum Gasteiger partial charge on any atom is 0.253 e. The Morgan fingerprint density at radius 3 is 2.31 bits per heavy atom. The molecule has 3 amide bonds. The minimum absolute atomic E-state index is 0.0549. The van der Waals surface area contributed by atoms with Crippen molar-refractivity contribution in [1.29, 1.82) is 0 Å². The van der Waals surface area contributed by atoms with Gasteiger partial charge in [-0.3, -0.25) is 14.4 Å². The van der Waals surface area contributed by atoms with Crippen molar-refractivity contribution in [2.75, 3.05) is 26.2 Å². The summed E-state index contributed by atoms with van der Waals surface area (Å²) in [6, 6.07) is 14.3. The van der Waals surface area contributed by atoms with E-state index in [0.29, 0.717) is 35.8 Å². The van der Waals surface area contributed by atoms with Crippen LogP contribution < -0.4 is 5.32 Å². The zero-order valence-corrected chi connectivity index (χ0v) is 18.8. The minimum Gasteiger partial charge on any atom is -0.352 e. The van der Waals surface area contributed by atoms with Crippen LogP contribution in [-0.2, 0) is 11.3 Å². The molecular weight excluding hydrogens is 426 g/mol. The van der Waals surface area contributed by atoms with E-state index in [1.165, 1.54) is 0 Å². The zero-order valence-electron chi connectivity index (χ0n) is 18.1. The van der Waals surface area contributed by atoms with E-state index in [0.717, 1.165) is 44.3 Å². The van der Waals surface area contributed by atoms with Crippen LogP contribution in [0.1, 0.15) is 52.0 Å². The molecule has 2 fully saturated rings. The number of carbonyl (C=O) groups excluding carboxylic acids is 3. The predicted molar refractivity (Wildman–Crippen MR) is 124 cm³/mol. The maximum atomic E-state index is 12.8. The molecular formula is C25H28ClN3O3. The standard InChI is InChI=1S/C25H28ClN3O3/c26-22-10-8-19(9-11-22)24(31)29-14-4-7-21(17-29)23(30)27-16-18-5-3-6-20(15-18)25(32)28-12-1-2-13-28/h3,5-6,8-11,15,21H,1-2,4,7,12-14,16-17H2,(H,27,30). The van der Waals surface area contributed by atoms with Gasteiger partial charge in [0.1, 0.15) is 0 Å². The fourth-order valence-electron chi connectivity index (χ4n) is 4.40. The van der Waals surface area contributed by atoms with Gasteiger partial charge in [0.2, 0.25) is 5.91 Å². The van der Waals surface area contributed by atoms with Crippen LogP contribution in [0.15, 0.2) is 48.5 Å². The van der Waals surface area contributed by atoms with Gasteiger partial charge in [-0.25, -0.2) is 0 Å². The molecule has 0 bridgehead atoms. The third-order valence-corrected chi connectivity index (χ3v) is 6.46. The first-order valence-electron chi connectivity index (χ1n) is 11.2. The molecule has 0 aliphatic carbocycles. The second-order valence-electron chi connectivity index (χ2n) is 8.51. The summed E-state index contributed by atoms with van der Waals surface area (Å²) in [6.07, 6.45) is 3.65. The number of nitrogens with zero attached hydrogens (tertiary/aromatic N) is 2. The van der Waals surface area contributed by atoms with E-state index in [-0.39, 0.29) is 23.6 Å².